The van der Waals surface area contributed by atoms with Crippen LogP contribution in [0.1, 0.15) is 41.6 Å². The number of carbonyl (C=O) groups is 2. The van der Waals surface area contributed by atoms with Crippen LogP contribution < -0.4 is 5.32 Å². The molecule has 33 heavy (non-hydrogen) atoms. The quantitative estimate of drug-likeness (QED) is 0.699. The Morgan fingerprint density at radius 2 is 1.64 bits per heavy atom. The van der Waals surface area contributed by atoms with Gasteiger partial charge in [-0.15, -0.1) is 0 Å². The van der Waals surface area contributed by atoms with Gasteiger partial charge in [-0.25, -0.2) is 12.8 Å². The molecular formula is C24H28FN3O4S. The molecule has 2 aromatic carbocycles. The lowest BCUT2D eigenvalue weighted by molar-refractivity contribution is -0.126. The Balaban J connectivity index is 1.29. The van der Waals surface area contributed by atoms with Crippen molar-refractivity contribution >= 4 is 21.8 Å². The molecule has 2 aliphatic heterocycles. The first-order valence-electron chi connectivity index (χ1n) is 11.3. The Morgan fingerprint density at radius 1 is 0.970 bits per heavy atom. The minimum absolute atomic E-state index is 0.0235. The van der Waals surface area contributed by atoms with Gasteiger partial charge in [-0.1, -0.05) is 12.1 Å². The predicted octanol–water partition coefficient (Wildman–Crippen LogP) is 2.78. The highest BCUT2D eigenvalue weighted by molar-refractivity contribution is 7.89. The van der Waals surface area contributed by atoms with Gasteiger partial charge in [0.2, 0.25) is 15.9 Å². The molecule has 2 heterocycles. The van der Waals surface area contributed by atoms with Gasteiger partial charge < -0.3 is 10.2 Å². The van der Waals surface area contributed by atoms with E-state index in [1.54, 1.807) is 6.07 Å². The first-order chi connectivity index (χ1) is 15.8. The maximum absolute atomic E-state index is 13.1. The standard InChI is InChI=1S/C24H28FN3O4S/c25-21-6-8-22(9-7-21)33(31,32)28-14-10-19(11-15-28)23(29)26-17-18-4-3-5-20(16-18)24(30)27-12-1-2-13-27/h3-9,16,19H,1-2,10-15,17H2,(H,26,29). The summed E-state index contributed by atoms with van der Waals surface area (Å²) in [5.74, 6) is -0.866. The monoisotopic (exact) mass is 473 g/mol. The van der Waals surface area contributed by atoms with E-state index in [1.807, 2.05) is 23.1 Å². The third kappa shape index (κ3) is 5.42. The smallest absolute Gasteiger partial charge is 0.253 e. The van der Waals surface area contributed by atoms with E-state index in [4.69, 9.17) is 0 Å². The maximum atomic E-state index is 13.1. The van der Waals surface area contributed by atoms with Crippen molar-refractivity contribution in [2.75, 3.05) is 26.2 Å². The molecule has 0 bridgehead atoms. The van der Waals surface area contributed by atoms with E-state index in [2.05, 4.69) is 5.32 Å². The van der Waals surface area contributed by atoms with E-state index >= 15 is 0 Å². The summed E-state index contributed by atoms with van der Waals surface area (Å²) in [6.07, 6.45) is 2.90. The molecule has 2 fully saturated rings. The zero-order valence-corrected chi connectivity index (χ0v) is 19.2. The second-order valence-electron chi connectivity index (χ2n) is 8.55. The van der Waals surface area contributed by atoms with Crippen LogP contribution in [0.3, 0.4) is 0 Å². The van der Waals surface area contributed by atoms with Crippen LogP contribution in [0.4, 0.5) is 4.39 Å². The van der Waals surface area contributed by atoms with E-state index in [0.717, 1.165) is 43.6 Å². The van der Waals surface area contributed by atoms with Gasteiger partial charge in [0.05, 0.1) is 4.90 Å². The summed E-state index contributed by atoms with van der Waals surface area (Å²) in [6.45, 7) is 2.36. The summed E-state index contributed by atoms with van der Waals surface area (Å²) < 4.78 is 39.9. The van der Waals surface area contributed by atoms with Crippen LogP contribution in [0.5, 0.6) is 0 Å². The highest BCUT2D eigenvalue weighted by Gasteiger charge is 2.32. The van der Waals surface area contributed by atoms with Gasteiger partial charge in [-0.3, -0.25) is 9.59 Å². The van der Waals surface area contributed by atoms with Crippen molar-refractivity contribution in [1.82, 2.24) is 14.5 Å². The normalized spacial score (nSPS) is 17.8. The number of likely N-dealkylation sites (tertiary alicyclic amines) is 1. The second-order valence-corrected chi connectivity index (χ2v) is 10.5. The summed E-state index contributed by atoms with van der Waals surface area (Å²) in [5, 5.41) is 2.92. The first-order valence-corrected chi connectivity index (χ1v) is 12.7. The minimum atomic E-state index is -3.70. The average Bonchev–Trinajstić information content (AvgIpc) is 3.38. The van der Waals surface area contributed by atoms with Crippen molar-refractivity contribution in [1.29, 1.82) is 0 Å². The molecule has 9 heteroatoms. The Hall–Kier alpha value is -2.78. The zero-order valence-electron chi connectivity index (χ0n) is 18.4. The number of rotatable bonds is 6. The molecule has 2 amide bonds. The number of halogens is 1. The van der Waals surface area contributed by atoms with Crippen LogP contribution in [0, 0.1) is 11.7 Å². The van der Waals surface area contributed by atoms with Crippen LogP contribution in [0.2, 0.25) is 0 Å². The largest absolute Gasteiger partial charge is 0.352 e. The number of nitrogens with one attached hydrogen (secondary N) is 1. The highest BCUT2D eigenvalue weighted by Crippen LogP contribution is 2.24. The predicted molar refractivity (Wildman–Crippen MR) is 121 cm³/mol. The molecule has 1 N–H and O–H groups in total. The summed E-state index contributed by atoms with van der Waals surface area (Å²) >= 11 is 0. The highest BCUT2D eigenvalue weighted by atomic mass is 32.2. The molecule has 2 aromatic rings. The van der Waals surface area contributed by atoms with Crippen molar-refractivity contribution in [3.05, 3.63) is 65.5 Å². The van der Waals surface area contributed by atoms with Gasteiger partial charge in [-0.2, -0.15) is 4.31 Å². The minimum Gasteiger partial charge on any atom is -0.352 e. The maximum Gasteiger partial charge on any atom is 0.253 e. The Labute approximate surface area is 193 Å². The van der Waals surface area contributed by atoms with Crippen molar-refractivity contribution < 1.29 is 22.4 Å². The fourth-order valence-corrected chi connectivity index (χ4v) is 5.83. The number of amides is 2. The van der Waals surface area contributed by atoms with Crippen molar-refractivity contribution in [2.45, 2.75) is 37.1 Å². The lowest BCUT2D eigenvalue weighted by Crippen LogP contribution is -2.42. The molecule has 2 saturated heterocycles. The number of hydrogen-bond donors (Lipinski definition) is 1. The van der Waals surface area contributed by atoms with Gasteiger partial charge in [0.25, 0.3) is 5.91 Å². The first kappa shape index (κ1) is 23.4. The van der Waals surface area contributed by atoms with Crippen LogP contribution in [-0.4, -0.2) is 55.6 Å². The van der Waals surface area contributed by atoms with Gasteiger partial charge in [0.15, 0.2) is 0 Å². The van der Waals surface area contributed by atoms with Gasteiger partial charge >= 0.3 is 0 Å². The molecule has 0 atom stereocenters. The van der Waals surface area contributed by atoms with Crippen LogP contribution in [0.15, 0.2) is 53.4 Å². The number of nitrogens with zero attached hydrogens (tertiary/aromatic N) is 2. The van der Waals surface area contributed by atoms with Gasteiger partial charge in [-0.05, 0) is 67.6 Å². The topological polar surface area (TPSA) is 86.8 Å². The summed E-state index contributed by atoms with van der Waals surface area (Å²) in [7, 11) is -3.70. The molecule has 7 nitrogen and oxygen atoms in total. The number of benzene rings is 2. The molecule has 0 radical (unpaired) electrons. The van der Waals surface area contributed by atoms with Crippen LogP contribution in [-0.2, 0) is 21.4 Å². The molecule has 0 saturated carbocycles. The lowest BCUT2D eigenvalue weighted by atomic mass is 9.97. The van der Waals surface area contributed by atoms with E-state index in [9.17, 15) is 22.4 Å². The van der Waals surface area contributed by atoms with Crippen molar-refractivity contribution in [3.8, 4) is 0 Å². The van der Waals surface area contributed by atoms with E-state index < -0.39 is 15.8 Å². The fraction of sp³-hybridized carbons (Fsp3) is 0.417. The number of hydrogen-bond acceptors (Lipinski definition) is 4. The van der Waals surface area contributed by atoms with E-state index in [0.29, 0.717) is 24.9 Å². The molecular weight excluding hydrogens is 445 g/mol. The summed E-state index contributed by atoms with van der Waals surface area (Å²) in [6, 6.07) is 12.1. The van der Waals surface area contributed by atoms with Gasteiger partial charge in [0.1, 0.15) is 5.82 Å². The third-order valence-corrected chi connectivity index (χ3v) is 8.22. The fourth-order valence-electron chi connectivity index (χ4n) is 4.36. The molecule has 0 unspecified atom stereocenters. The summed E-state index contributed by atoms with van der Waals surface area (Å²) in [5.41, 5.74) is 1.48. The summed E-state index contributed by atoms with van der Waals surface area (Å²) in [4.78, 5) is 27.2. The average molecular weight is 474 g/mol. The Kier molecular flexibility index (Phi) is 7.09. The lowest BCUT2D eigenvalue weighted by Gasteiger charge is -2.30. The molecule has 0 spiro atoms. The van der Waals surface area contributed by atoms with E-state index in [1.165, 1.54) is 16.4 Å². The number of carbonyl (C=O) groups excluding carboxylic acids is 2. The van der Waals surface area contributed by atoms with Crippen LogP contribution in [0.25, 0.3) is 0 Å². The van der Waals surface area contributed by atoms with Gasteiger partial charge in [0, 0.05) is 44.2 Å². The molecule has 0 aromatic heterocycles. The Bertz CT molecular complexity index is 1110. The Morgan fingerprint density at radius 3 is 2.30 bits per heavy atom. The molecule has 176 valence electrons. The molecule has 0 aliphatic carbocycles. The second kappa shape index (κ2) is 10.0. The molecule has 4 rings (SSSR count). The molecule has 2 aliphatic rings. The number of sulfonamides is 1. The third-order valence-electron chi connectivity index (χ3n) is 6.31. The van der Waals surface area contributed by atoms with E-state index in [-0.39, 0.29) is 35.7 Å². The van der Waals surface area contributed by atoms with Crippen molar-refractivity contribution in [3.63, 3.8) is 0 Å². The van der Waals surface area contributed by atoms with Crippen molar-refractivity contribution in [2.24, 2.45) is 5.92 Å². The number of piperidine rings is 1. The van der Waals surface area contributed by atoms with Crippen LogP contribution >= 0.6 is 0 Å². The SMILES string of the molecule is O=C(NCc1cccc(C(=O)N2CCCC2)c1)C1CCN(S(=O)(=O)c2ccc(F)cc2)CC1. The zero-order chi connectivity index (χ0) is 23.4.